The second-order valence-corrected chi connectivity index (χ2v) is 8.81. The van der Waals surface area contributed by atoms with Gasteiger partial charge in [0.15, 0.2) is 5.96 Å². The Balaban J connectivity index is 0.00000420. The highest BCUT2D eigenvalue weighted by Gasteiger charge is 2.26. The zero-order chi connectivity index (χ0) is 20.2. The lowest BCUT2D eigenvalue weighted by molar-refractivity contribution is 0.143. The highest BCUT2D eigenvalue weighted by atomic mass is 127. The average molecular weight is 538 g/mol. The van der Waals surface area contributed by atoms with Gasteiger partial charge in [-0.05, 0) is 32.3 Å². The highest BCUT2D eigenvalue weighted by Crippen LogP contribution is 2.23. The van der Waals surface area contributed by atoms with Crippen molar-refractivity contribution < 1.29 is 13.7 Å². The van der Waals surface area contributed by atoms with E-state index in [1.54, 1.807) is 13.3 Å². The normalized spacial score (nSPS) is 20.4. The fourth-order valence-corrected chi connectivity index (χ4v) is 4.67. The van der Waals surface area contributed by atoms with E-state index in [-0.39, 0.29) is 24.0 Å². The lowest BCUT2D eigenvalue weighted by atomic mass is 9.95. The Hall–Kier alpha value is -0.940. The van der Waals surface area contributed by atoms with Crippen molar-refractivity contribution in [2.24, 2.45) is 4.99 Å². The first kappa shape index (κ1) is 26.1. The SMILES string of the molecule is CCNC(=NCc1cccnc1OCCOC)NC1CCCC(S(=O)CC)C1.I. The highest BCUT2D eigenvalue weighted by molar-refractivity contribution is 14.0. The summed E-state index contributed by atoms with van der Waals surface area (Å²) in [6.45, 7) is 6.29. The summed E-state index contributed by atoms with van der Waals surface area (Å²) in [4.78, 5) is 9.03. The third-order valence-electron chi connectivity index (χ3n) is 4.75. The van der Waals surface area contributed by atoms with Crippen LogP contribution < -0.4 is 15.4 Å². The summed E-state index contributed by atoms with van der Waals surface area (Å²) in [5.41, 5.74) is 0.935. The van der Waals surface area contributed by atoms with Gasteiger partial charge in [-0.1, -0.05) is 19.4 Å². The van der Waals surface area contributed by atoms with Gasteiger partial charge in [0, 0.05) is 53.3 Å². The van der Waals surface area contributed by atoms with Crippen molar-refractivity contribution in [3.05, 3.63) is 23.9 Å². The smallest absolute Gasteiger partial charge is 0.218 e. The van der Waals surface area contributed by atoms with Gasteiger partial charge in [-0.2, -0.15) is 0 Å². The number of ether oxygens (including phenoxy) is 2. The van der Waals surface area contributed by atoms with E-state index < -0.39 is 10.8 Å². The molecule has 0 bridgehead atoms. The molecular weight excluding hydrogens is 503 g/mol. The van der Waals surface area contributed by atoms with E-state index in [4.69, 9.17) is 14.5 Å². The molecule has 7 nitrogen and oxygen atoms in total. The third-order valence-corrected chi connectivity index (χ3v) is 6.49. The molecule has 0 aliphatic heterocycles. The summed E-state index contributed by atoms with van der Waals surface area (Å²) in [7, 11) is 0.917. The van der Waals surface area contributed by atoms with E-state index in [1.807, 2.05) is 19.1 Å². The van der Waals surface area contributed by atoms with Crippen LogP contribution in [0.1, 0.15) is 45.1 Å². The number of nitrogens with one attached hydrogen (secondary N) is 2. The van der Waals surface area contributed by atoms with Crippen LogP contribution in [-0.4, -0.2) is 59.1 Å². The number of halogens is 1. The molecule has 1 heterocycles. The molecule has 0 saturated heterocycles. The Bertz CT molecular complexity index is 648. The van der Waals surface area contributed by atoms with Gasteiger partial charge in [0.1, 0.15) is 6.61 Å². The molecule has 166 valence electrons. The van der Waals surface area contributed by atoms with Crippen molar-refractivity contribution in [1.29, 1.82) is 0 Å². The quantitative estimate of drug-likeness (QED) is 0.206. The number of methoxy groups -OCH3 is 1. The number of pyridine rings is 1. The van der Waals surface area contributed by atoms with Crippen molar-refractivity contribution >= 4 is 40.7 Å². The number of nitrogens with zero attached hydrogens (tertiary/aromatic N) is 2. The van der Waals surface area contributed by atoms with Crippen LogP contribution in [0.2, 0.25) is 0 Å². The fourth-order valence-electron chi connectivity index (χ4n) is 3.32. The predicted molar refractivity (Wildman–Crippen MR) is 130 cm³/mol. The van der Waals surface area contributed by atoms with Crippen LogP contribution in [0, 0.1) is 0 Å². The van der Waals surface area contributed by atoms with E-state index in [0.29, 0.717) is 36.9 Å². The van der Waals surface area contributed by atoms with Gasteiger partial charge in [-0.3, -0.25) is 4.21 Å². The molecule has 29 heavy (non-hydrogen) atoms. The van der Waals surface area contributed by atoms with E-state index in [2.05, 4.69) is 22.5 Å². The van der Waals surface area contributed by atoms with Crippen molar-refractivity contribution in [2.75, 3.05) is 32.6 Å². The van der Waals surface area contributed by atoms with Crippen molar-refractivity contribution in [3.8, 4) is 5.88 Å². The summed E-state index contributed by atoms with van der Waals surface area (Å²) in [6, 6.07) is 4.17. The van der Waals surface area contributed by atoms with Gasteiger partial charge in [0.05, 0.1) is 13.2 Å². The Kier molecular flexibility index (Phi) is 13.5. The first-order valence-electron chi connectivity index (χ1n) is 10.2. The van der Waals surface area contributed by atoms with Gasteiger partial charge in [-0.25, -0.2) is 9.98 Å². The van der Waals surface area contributed by atoms with Crippen LogP contribution in [0.15, 0.2) is 23.3 Å². The van der Waals surface area contributed by atoms with Crippen LogP contribution in [0.5, 0.6) is 5.88 Å². The maximum absolute atomic E-state index is 12.2. The van der Waals surface area contributed by atoms with Gasteiger partial charge < -0.3 is 20.1 Å². The number of aliphatic imine (C=N–C) groups is 1. The maximum Gasteiger partial charge on any atom is 0.218 e. The molecule has 1 aromatic heterocycles. The minimum absolute atomic E-state index is 0. The third kappa shape index (κ3) is 9.17. The van der Waals surface area contributed by atoms with E-state index in [9.17, 15) is 4.21 Å². The molecule has 3 unspecified atom stereocenters. The Morgan fingerprint density at radius 1 is 1.34 bits per heavy atom. The number of hydrogen-bond donors (Lipinski definition) is 2. The topological polar surface area (TPSA) is 84.8 Å². The minimum atomic E-state index is -0.729. The number of hydrogen-bond acceptors (Lipinski definition) is 5. The standard InChI is InChI=1S/C20H34N4O3S.HI/c1-4-21-20(24-17-9-6-10-18(14-17)28(25)5-2)23-15-16-8-7-11-22-19(16)27-13-12-26-3;/h7-8,11,17-18H,4-6,9-10,12-15H2,1-3H3,(H2,21,23,24);1H. The molecule has 0 spiro atoms. The Morgan fingerprint density at radius 2 is 2.17 bits per heavy atom. The zero-order valence-corrected chi connectivity index (χ0v) is 20.8. The summed E-state index contributed by atoms with van der Waals surface area (Å²) >= 11 is 0. The second-order valence-electron chi connectivity index (χ2n) is 6.80. The van der Waals surface area contributed by atoms with Crippen LogP contribution in [0.3, 0.4) is 0 Å². The molecule has 1 fully saturated rings. The Labute approximate surface area is 194 Å². The van der Waals surface area contributed by atoms with E-state index in [0.717, 1.165) is 49.5 Å². The molecule has 1 aliphatic rings. The first-order valence-corrected chi connectivity index (χ1v) is 11.5. The van der Waals surface area contributed by atoms with E-state index >= 15 is 0 Å². The molecular formula is C20H35IN4O3S. The zero-order valence-electron chi connectivity index (χ0n) is 17.7. The van der Waals surface area contributed by atoms with E-state index in [1.165, 1.54) is 0 Å². The van der Waals surface area contributed by atoms with Gasteiger partial charge in [0.2, 0.25) is 5.88 Å². The van der Waals surface area contributed by atoms with Gasteiger partial charge in [-0.15, -0.1) is 24.0 Å². The molecule has 1 aliphatic carbocycles. The molecule has 0 radical (unpaired) electrons. The van der Waals surface area contributed by atoms with Crippen molar-refractivity contribution in [2.45, 2.75) is 57.4 Å². The van der Waals surface area contributed by atoms with Crippen molar-refractivity contribution in [3.63, 3.8) is 0 Å². The monoisotopic (exact) mass is 538 g/mol. The number of guanidine groups is 1. The summed E-state index contributed by atoms with van der Waals surface area (Å²) < 4.78 is 22.9. The number of aromatic nitrogens is 1. The number of rotatable bonds is 10. The molecule has 1 aromatic rings. The van der Waals surface area contributed by atoms with Gasteiger partial charge >= 0.3 is 0 Å². The molecule has 2 N–H and O–H groups in total. The molecule has 0 amide bonds. The second kappa shape index (κ2) is 15.0. The predicted octanol–water partition coefficient (Wildman–Crippen LogP) is 2.86. The van der Waals surface area contributed by atoms with Crippen LogP contribution in [0.25, 0.3) is 0 Å². The average Bonchev–Trinajstić information content (AvgIpc) is 2.73. The minimum Gasteiger partial charge on any atom is -0.475 e. The molecule has 3 atom stereocenters. The summed E-state index contributed by atoms with van der Waals surface area (Å²) in [5.74, 6) is 2.11. The van der Waals surface area contributed by atoms with Crippen LogP contribution in [-0.2, 0) is 22.1 Å². The lowest BCUT2D eigenvalue weighted by Gasteiger charge is -2.30. The first-order chi connectivity index (χ1) is 13.7. The van der Waals surface area contributed by atoms with Gasteiger partial charge in [0.25, 0.3) is 0 Å². The van der Waals surface area contributed by atoms with Crippen molar-refractivity contribution in [1.82, 2.24) is 15.6 Å². The molecule has 9 heteroatoms. The molecule has 2 rings (SSSR count). The Morgan fingerprint density at radius 3 is 2.90 bits per heavy atom. The van der Waals surface area contributed by atoms with Crippen LogP contribution >= 0.6 is 24.0 Å². The summed E-state index contributed by atoms with van der Waals surface area (Å²) in [5, 5.41) is 7.13. The maximum atomic E-state index is 12.2. The molecule has 1 saturated carbocycles. The van der Waals surface area contributed by atoms with Crippen LogP contribution in [0.4, 0.5) is 0 Å². The molecule has 0 aromatic carbocycles. The lowest BCUT2D eigenvalue weighted by Crippen LogP contribution is -2.46. The fraction of sp³-hybridized carbons (Fsp3) is 0.700. The summed E-state index contributed by atoms with van der Waals surface area (Å²) in [6.07, 6.45) is 5.90. The largest absolute Gasteiger partial charge is 0.475 e.